The van der Waals surface area contributed by atoms with Gasteiger partial charge in [-0.3, -0.25) is 19.3 Å². The van der Waals surface area contributed by atoms with Gasteiger partial charge in [0.2, 0.25) is 11.8 Å². The Labute approximate surface area is 152 Å². The number of aliphatic carboxylic acids is 1. The summed E-state index contributed by atoms with van der Waals surface area (Å²) in [5, 5.41) is 12.1. The molecule has 1 unspecified atom stereocenters. The second-order valence-electron chi connectivity index (χ2n) is 6.32. The predicted octanol–water partition coefficient (Wildman–Crippen LogP) is 0.889. The first-order chi connectivity index (χ1) is 12.4. The number of carboxylic acid groups (broad SMARTS) is 1. The molecule has 8 heteroatoms. The molecule has 1 aliphatic rings. The van der Waals surface area contributed by atoms with E-state index in [-0.39, 0.29) is 24.8 Å². The maximum Gasteiger partial charge on any atom is 0.308 e. The van der Waals surface area contributed by atoms with Gasteiger partial charge >= 0.3 is 5.97 Å². The number of hydrogen-bond acceptors (Lipinski definition) is 5. The van der Waals surface area contributed by atoms with Crippen LogP contribution in [0.5, 0.6) is 5.75 Å². The van der Waals surface area contributed by atoms with Crippen LogP contribution >= 0.6 is 0 Å². The van der Waals surface area contributed by atoms with Crippen molar-refractivity contribution in [3.8, 4) is 5.75 Å². The molecule has 142 valence electrons. The minimum absolute atomic E-state index is 0.0262. The van der Waals surface area contributed by atoms with Crippen LogP contribution in [0.15, 0.2) is 24.3 Å². The molecule has 2 amide bonds. The van der Waals surface area contributed by atoms with Gasteiger partial charge < -0.3 is 20.1 Å². The van der Waals surface area contributed by atoms with Crippen LogP contribution in [0.3, 0.4) is 0 Å². The quantitative estimate of drug-likeness (QED) is 0.746. The average molecular weight is 363 g/mol. The molecule has 1 fully saturated rings. The minimum atomic E-state index is -0.996. The van der Waals surface area contributed by atoms with Crippen molar-refractivity contribution in [2.45, 2.75) is 13.3 Å². The lowest BCUT2D eigenvalue weighted by Gasteiger charge is -2.35. The van der Waals surface area contributed by atoms with E-state index in [1.54, 1.807) is 36.3 Å². The van der Waals surface area contributed by atoms with Crippen LogP contribution in [0.4, 0.5) is 5.69 Å². The van der Waals surface area contributed by atoms with Crippen molar-refractivity contribution in [3.05, 3.63) is 24.3 Å². The third kappa shape index (κ3) is 5.73. The van der Waals surface area contributed by atoms with Crippen molar-refractivity contribution < 1.29 is 24.2 Å². The summed E-state index contributed by atoms with van der Waals surface area (Å²) < 4.78 is 5.06. The Balaban J connectivity index is 1.86. The van der Waals surface area contributed by atoms with Crippen LogP contribution in [0, 0.1) is 5.92 Å². The molecule has 0 aromatic heterocycles. The minimum Gasteiger partial charge on any atom is -0.497 e. The number of rotatable bonds is 7. The van der Waals surface area contributed by atoms with E-state index in [2.05, 4.69) is 5.32 Å². The first kappa shape index (κ1) is 19.7. The number of carbonyl (C=O) groups is 3. The van der Waals surface area contributed by atoms with Gasteiger partial charge in [0.15, 0.2) is 0 Å². The molecule has 1 aliphatic heterocycles. The zero-order chi connectivity index (χ0) is 19.1. The van der Waals surface area contributed by atoms with Gasteiger partial charge in [0.25, 0.3) is 0 Å². The van der Waals surface area contributed by atoms with Crippen LogP contribution in [0.1, 0.15) is 13.3 Å². The Hall–Kier alpha value is -2.61. The van der Waals surface area contributed by atoms with Crippen molar-refractivity contribution in [3.63, 3.8) is 0 Å². The average Bonchev–Trinajstić information content (AvgIpc) is 2.62. The second-order valence-corrected chi connectivity index (χ2v) is 6.32. The lowest BCUT2D eigenvalue weighted by Crippen LogP contribution is -2.50. The maximum atomic E-state index is 12.2. The molecule has 0 radical (unpaired) electrons. The van der Waals surface area contributed by atoms with Gasteiger partial charge in [-0.15, -0.1) is 0 Å². The SMILES string of the molecule is COc1ccc(NC(=O)CC(CN2CCN(C(C)=O)CC2)C(=O)O)cc1. The molecular formula is C18H25N3O5. The predicted molar refractivity (Wildman–Crippen MR) is 96.1 cm³/mol. The fourth-order valence-corrected chi connectivity index (χ4v) is 2.90. The molecule has 8 nitrogen and oxygen atoms in total. The molecule has 0 saturated carbocycles. The maximum absolute atomic E-state index is 12.2. The largest absolute Gasteiger partial charge is 0.497 e. The summed E-state index contributed by atoms with van der Waals surface area (Å²) in [7, 11) is 1.56. The highest BCUT2D eigenvalue weighted by atomic mass is 16.5. The van der Waals surface area contributed by atoms with Crippen molar-refractivity contribution >= 4 is 23.5 Å². The summed E-state index contributed by atoms with van der Waals surface area (Å²) in [6.45, 7) is 4.21. The lowest BCUT2D eigenvalue weighted by atomic mass is 10.0. The van der Waals surface area contributed by atoms with Crippen LogP contribution in [0.25, 0.3) is 0 Å². The Kier molecular flexibility index (Phi) is 6.97. The molecule has 1 aromatic rings. The highest BCUT2D eigenvalue weighted by molar-refractivity contribution is 5.93. The first-order valence-electron chi connectivity index (χ1n) is 8.53. The Morgan fingerprint density at radius 3 is 2.27 bits per heavy atom. The van der Waals surface area contributed by atoms with E-state index in [9.17, 15) is 19.5 Å². The molecule has 1 saturated heterocycles. The normalized spacial score (nSPS) is 16.0. The van der Waals surface area contributed by atoms with Crippen LogP contribution in [0.2, 0.25) is 0 Å². The number of anilines is 1. The van der Waals surface area contributed by atoms with Gasteiger partial charge in [-0.25, -0.2) is 0 Å². The smallest absolute Gasteiger partial charge is 0.308 e. The summed E-state index contributed by atoms with van der Waals surface area (Å²) in [6, 6.07) is 6.85. The lowest BCUT2D eigenvalue weighted by molar-refractivity contribution is -0.144. The number of piperazine rings is 1. The van der Waals surface area contributed by atoms with Gasteiger partial charge in [-0.05, 0) is 24.3 Å². The van der Waals surface area contributed by atoms with Gasteiger partial charge in [-0.2, -0.15) is 0 Å². The summed E-state index contributed by atoms with van der Waals surface area (Å²) in [4.78, 5) is 38.8. The summed E-state index contributed by atoms with van der Waals surface area (Å²) in [5.41, 5.74) is 0.593. The molecule has 0 spiro atoms. The summed E-state index contributed by atoms with van der Waals surface area (Å²) in [6.07, 6.45) is -0.103. The molecule has 2 rings (SSSR count). The number of amides is 2. The molecule has 1 aromatic carbocycles. The molecule has 1 heterocycles. The van der Waals surface area contributed by atoms with E-state index in [4.69, 9.17) is 4.74 Å². The molecular weight excluding hydrogens is 338 g/mol. The van der Waals surface area contributed by atoms with E-state index in [1.807, 2.05) is 4.90 Å². The van der Waals surface area contributed by atoms with Crippen LogP contribution in [-0.4, -0.2) is 72.5 Å². The molecule has 0 aliphatic carbocycles. The summed E-state index contributed by atoms with van der Waals surface area (Å²) >= 11 is 0. The summed E-state index contributed by atoms with van der Waals surface area (Å²) in [5.74, 6) is -1.43. The van der Waals surface area contributed by atoms with Gasteiger partial charge in [0, 0.05) is 51.8 Å². The van der Waals surface area contributed by atoms with Crippen LogP contribution < -0.4 is 10.1 Å². The van der Waals surface area contributed by atoms with E-state index < -0.39 is 11.9 Å². The Morgan fingerprint density at radius 1 is 1.15 bits per heavy atom. The zero-order valence-electron chi connectivity index (χ0n) is 15.1. The highest BCUT2D eigenvalue weighted by Gasteiger charge is 2.27. The molecule has 1 atom stereocenters. The number of methoxy groups -OCH3 is 1. The van der Waals surface area contributed by atoms with Gasteiger partial charge in [0.05, 0.1) is 13.0 Å². The fraction of sp³-hybridized carbons (Fsp3) is 0.500. The van der Waals surface area contributed by atoms with Gasteiger partial charge in [0.1, 0.15) is 5.75 Å². The van der Waals surface area contributed by atoms with Crippen molar-refractivity contribution in [1.29, 1.82) is 0 Å². The molecule has 26 heavy (non-hydrogen) atoms. The number of hydrogen-bond donors (Lipinski definition) is 2. The van der Waals surface area contributed by atoms with E-state index in [0.717, 1.165) is 0 Å². The zero-order valence-corrected chi connectivity index (χ0v) is 15.1. The van der Waals surface area contributed by atoms with E-state index in [1.165, 1.54) is 6.92 Å². The van der Waals surface area contributed by atoms with Crippen molar-refractivity contribution in [2.75, 3.05) is 45.2 Å². The molecule has 0 bridgehead atoms. The monoisotopic (exact) mass is 363 g/mol. The number of nitrogens with zero attached hydrogens (tertiary/aromatic N) is 2. The number of carbonyl (C=O) groups excluding carboxylic acids is 2. The van der Waals surface area contributed by atoms with Crippen LogP contribution in [-0.2, 0) is 14.4 Å². The van der Waals surface area contributed by atoms with Crippen molar-refractivity contribution in [2.24, 2.45) is 5.92 Å². The van der Waals surface area contributed by atoms with Crippen molar-refractivity contribution in [1.82, 2.24) is 9.80 Å². The third-order valence-electron chi connectivity index (χ3n) is 4.45. The number of benzene rings is 1. The first-order valence-corrected chi connectivity index (χ1v) is 8.53. The van der Waals surface area contributed by atoms with E-state index in [0.29, 0.717) is 37.6 Å². The third-order valence-corrected chi connectivity index (χ3v) is 4.45. The number of nitrogens with one attached hydrogen (secondary N) is 1. The highest BCUT2D eigenvalue weighted by Crippen LogP contribution is 2.16. The number of carboxylic acids is 1. The standard InChI is InChI=1S/C18H25N3O5/c1-13(22)21-9-7-20(8-10-21)12-14(18(24)25)11-17(23)19-15-3-5-16(26-2)6-4-15/h3-6,14H,7-12H2,1-2H3,(H,19,23)(H,24,25). The number of ether oxygens (including phenoxy) is 1. The fourth-order valence-electron chi connectivity index (χ4n) is 2.90. The Morgan fingerprint density at radius 2 is 1.77 bits per heavy atom. The Bertz CT molecular complexity index is 639. The topological polar surface area (TPSA) is 99.2 Å². The second kappa shape index (κ2) is 9.19. The molecule has 2 N–H and O–H groups in total. The van der Waals surface area contributed by atoms with Gasteiger partial charge in [-0.1, -0.05) is 0 Å². The van der Waals surface area contributed by atoms with E-state index >= 15 is 0 Å².